The zero-order chi connectivity index (χ0) is 19.6. The number of hydrogen-bond donors (Lipinski definition) is 1. The van der Waals surface area contributed by atoms with Crippen LogP contribution in [0.2, 0.25) is 15.1 Å². The van der Waals surface area contributed by atoms with Gasteiger partial charge in [0.15, 0.2) is 15.6 Å². The summed E-state index contributed by atoms with van der Waals surface area (Å²) in [6.45, 7) is 0. The fraction of sp³-hybridized carbons (Fsp3) is 0.0556. The van der Waals surface area contributed by atoms with E-state index in [1.54, 1.807) is 18.2 Å². The number of nitrogens with one attached hydrogen (secondary N) is 1. The summed E-state index contributed by atoms with van der Waals surface area (Å²) in [5.41, 5.74) is 0.255. The van der Waals surface area contributed by atoms with E-state index < -0.39 is 15.7 Å². The van der Waals surface area contributed by atoms with Gasteiger partial charge in [-0.3, -0.25) is 4.79 Å². The molecule has 0 aliphatic carbocycles. The lowest BCUT2D eigenvalue weighted by molar-refractivity contribution is 0.0995. The number of anilines is 1. The van der Waals surface area contributed by atoms with Gasteiger partial charge in [-0.1, -0.05) is 53.0 Å². The predicted molar refractivity (Wildman–Crippen MR) is 105 cm³/mol. The van der Waals surface area contributed by atoms with E-state index in [1.165, 1.54) is 36.4 Å². The van der Waals surface area contributed by atoms with Crippen molar-refractivity contribution in [1.29, 1.82) is 0 Å². The average molecular weight is 445 g/mol. The number of sulfone groups is 1. The molecule has 5 nitrogen and oxygen atoms in total. The normalized spacial score (nSPS) is 11.4. The molecule has 3 rings (SSSR count). The van der Waals surface area contributed by atoms with Crippen LogP contribution in [0.1, 0.15) is 16.3 Å². The van der Waals surface area contributed by atoms with E-state index in [1.807, 2.05) is 0 Å². The number of carbonyl (C=O) groups excluding carboxylic acids is 1. The highest BCUT2D eigenvalue weighted by molar-refractivity contribution is 7.90. The van der Waals surface area contributed by atoms with Crippen molar-refractivity contribution >= 4 is 56.2 Å². The zero-order valence-electron chi connectivity index (χ0n) is 13.6. The maximum absolute atomic E-state index is 12.4. The van der Waals surface area contributed by atoms with Crippen molar-refractivity contribution in [2.24, 2.45) is 0 Å². The maximum Gasteiger partial charge on any atom is 0.291 e. The summed E-state index contributed by atoms with van der Waals surface area (Å²) in [5, 5.41) is 3.23. The first-order valence-corrected chi connectivity index (χ1v) is 10.4. The molecule has 2 aromatic carbocycles. The SMILES string of the molecule is O=C(Nc1cc(Cl)c(Cl)cc1Cl)c1ccc(CS(=O)(=O)c2ccccc2)o1. The third kappa shape index (κ3) is 4.65. The predicted octanol–water partition coefficient (Wildman–Crippen LogP) is 5.47. The Morgan fingerprint density at radius 2 is 1.59 bits per heavy atom. The van der Waals surface area contributed by atoms with Gasteiger partial charge in [-0.25, -0.2) is 8.42 Å². The number of benzene rings is 2. The van der Waals surface area contributed by atoms with Crippen LogP contribution in [0.4, 0.5) is 5.69 Å². The van der Waals surface area contributed by atoms with Crippen LogP contribution in [0.3, 0.4) is 0 Å². The third-order valence-electron chi connectivity index (χ3n) is 3.58. The van der Waals surface area contributed by atoms with E-state index in [2.05, 4.69) is 5.32 Å². The van der Waals surface area contributed by atoms with Crippen molar-refractivity contribution < 1.29 is 17.6 Å². The number of rotatable bonds is 5. The van der Waals surface area contributed by atoms with Crippen molar-refractivity contribution in [2.45, 2.75) is 10.6 Å². The second-order valence-electron chi connectivity index (χ2n) is 5.54. The van der Waals surface area contributed by atoms with Gasteiger partial charge in [-0.15, -0.1) is 0 Å². The van der Waals surface area contributed by atoms with Crippen LogP contribution in [0.15, 0.2) is 63.9 Å². The van der Waals surface area contributed by atoms with E-state index in [0.29, 0.717) is 0 Å². The molecule has 0 unspecified atom stereocenters. The van der Waals surface area contributed by atoms with Gasteiger partial charge in [0, 0.05) is 0 Å². The number of hydrogen-bond acceptors (Lipinski definition) is 4. The van der Waals surface area contributed by atoms with Crippen molar-refractivity contribution in [2.75, 3.05) is 5.32 Å². The molecule has 0 bridgehead atoms. The van der Waals surface area contributed by atoms with Gasteiger partial charge < -0.3 is 9.73 Å². The lowest BCUT2D eigenvalue weighted by Crippen LogP contribution is -2.11. The first kappa shape index (κ1) is 19.8. The molecule has 1 amide bonds. The minimum Gasteiger partial charge on any atom is -0.455 e. The molecule has 0 spiro atoms. The standard InChI is InChI=1S/C18H12Cl3NO4S/c19-13-8-15(21)16(9-14(13)20)22-18(23)17-7-6-11(26-17)10-27(24,25)12-4-2-1-3-5-12/h1-9H,10H2,(H,22,23). The first-order chi connectivity index (χ1) is 12.8. The molecule has 1 heterocycles. The van der Waals surface area contributed by atoms with E-state index in [-0.39, 0.29) is 42.9 Å². The zero-order valence-corrected chi connectivity index (χ0v) is 16.7. The number of amides is 1. The maximum atomic E-state index is 12.4. The highest BCUT2D eigenvalue weighted by Gasteiger charge is 2.20. The molecule has 0 fully saturated rings. The molecule has 3 aromatic rings. The van der Waals surface area contributed by atoms with Crippen molar-refractivity contribution in [1.82, 2.24) is 0 Å². The Labute approximate surface area is 170 Å². The van der Waals surface area contributed by atoms with Gasteiger partial charge in [0.05, 0.1) is 25.7 Å². The lowest BCUT2D eigenvalue weighted by Gasteiger charge is -2.07. The summed E-state index contributed by atoms with van der Waals surface area (Å²) in [6.07, 6.45) is 0. The summed E-state index contributed by atoms with van der Waals surface area (Å²) in [4.78, 5) is 12.5. The second-order valence-corrected chi connectivity index (χ2v) is 8.75. The van der Waals surface area contributed by atoms with Crippen molar-refractivity contribution in [3.8, 4) is 0 Å². The van der Waals surface area contributed by atoms with Crippen LogP contribution in [0.25, 0.3) is 0 Å². The largest absolute Gasteiger partial charge is 0.455 e. The second kappa shape index (κ2) is 7.94. The Hall–Kier alpha value is -1.99. The Bertz CT molecular complexity index is 1100. The summed E-state index contributed by atoms with van der Waals surface area (Å²) in [7, 11) is -3.58. The van der Waals surface area contributed by atoms with Crippen LogP contribution in [0.5, 0.6) is 0 Å². The molecule has 0 radical (unpaired) electrons. The van der Waals surface area contributed by atoms with E-state index in [0.717, 1.165) is 0 Å². The molecule has 1 N–H and O–H groups in total. The minimum atomic E-state index is -3.58. The molecule has 27 heavy (non-hydrogen) atoms. The van der Waals surface area contributed by atoms with Gasteiger partial charge in [-0.2, -0.15) is 0 Å². The Kier molecular flexibility index (Phi) is 5.81. The molecule has 0 aliphatic heterocycles. The molecule has 0 saturated heterocycles. The minimum absolute atomic E-state index is 0.0598. The topological polar surface area (TPSA) is 76.4 Å². The smallest absolute Gasteiger partial charge is 0.291 e. The van der Waals surface area contributed by atoms with Crippen LogP contribution in [-0.4, -0.2) is 14.3 Å². The summed E-state index contributed by atoms with van der Waals surface area (Å²) < 4.78 is 30.1. The van der Waals surface area contributed by atoms with Gasteiger partial charge in [0.2, 0.25) is 0 Å². The Morgan fingerprint density at radius 3 is 2.30 bits per heavy atom. The molecule has 140 valence electrons. The van der Waals surface area contributed by atoms with Crippen LogP contribution >= 0.6 is 34.8 Å². The van der Waals surface area contributed by atoms with Crippen molar-refractivity contribution in [3.05, 3.63) is 81.2 Å². The highest BCUT2D eigenvalue weighted by atomic mass is 35.5. The van der Waals surface area contributed by atoms with Gasteiger partial charge in [0.25, 0.3) is 5.91 Å². The molecule has 1 aromatic heterocycles. The van der Waals surface area contributed by atoms with E-state index in [9.17, 15) is 13.2 Å². The first-order valence-electron chi connectivity index (χ1n) is 7.59. The average Bonchev–Trinajstić information content (AvgIpc) is 3.08. The Balaban J connectivity index is 1.76. The lowest BCUT2D eigenvalue weighted by atomic mass is 10.3. The van der Waals surface area contributed by atoms with Crippen LogP contribution in [-0.2, 0) is 15.6 Å². The molecular formula is C18H12Cl3NO4S. The highest BCUT2D eigenvalue weighted by Crippen LogP contribution is 2.32. The molecule has 0 aliphatic rings. The van der Waals surface area contributed by atoms with Gasteiger partial charge in [0.1, 0.15) is 11.5 Å². The summed E-state index contributed by atoms with van der Waals surface area (Å²) in [5.74, 6) is -0.879. The van der Waals surface area contributed by atoms with Gasteiger partial charge >= 0.3 is 0 Å². The number of carbonyl (C=O) groups is 1. The number of halogens is 3. The van der Waals surface area contributed by atoms with Crippen LogP contribution < -0.4 is 5.32 Å². The Morgan fingerprint density at radius 1 is 0.926 bits per heavy atom. The molecule has 9 heteroatoms. The monoisotopic (exact) mass is 443 g/mol. The van der Waals surface area contributed by atoms with E-state index >= 15 is 0 Å². The summed E-state index contributed by atoms with van der Waals surface area (Å²) >= 11 is 17.8. The fourth-order valence-corrected chi connectivity index (χ4v) is 4.14. The quantitative estimate of drug-likeness (QED) is 0.530. The van der Waals surface area contributed by atoms with Crippen LogP contribution in [0, 0.1) is 0 Å². The van der Waals surface area contributed by atoms with Crippen molar-refractivity contribution in [3.63, 3.8) is 0 Å². The fourth-order valence-electron chi connectivity index (χ4n) is 2.28. The van der Waals surface area contributed by atoms with Gasteiger partial charge in [-0.05, 0) is 36.4 Å². The third-order valence-corrected chi connectivity index (χ3v) is 6.27. The molecular weight excluding hydrogens is 433 g/mol. The number of furan rings is 1. The summed E-state index contributed by atoms with van der Waals surface area (Å²) in [6, 6.07) is 13.6. The van der Waals surface area contributed by atoms with E-state index in [4.69, 9.17) is 39.2 Å². The molecule has 0 atom stereocenters. The molecule has 0 saturated carbocycles.